The minimum absolute atomic E-state index is 0.0495. The number of carbonyl (C=O) groups is 1. The van der Waals surface area contributed by atoms with Crippen molar-refractivity contribution in [3.05, 3.63) is 40.3 Å². The second kappa shape index (κ2) is 7.85. The van der Waals surface area contributed by atoms with Crippen LogP contribution in [-0.2, 0) is 14.8 Å². The van der Waals surface area contributed by atoms with Crippen molar-refractivity contribution in [1.29, 1.82) is 0 Å². The van der Waals surface area contributed by atoms with Crippen molar-refractivity contribution >= 4 is 33.4 Å². The van der Waals surface area contributed by atoms with Gasteiger partial charge in [0.2, 0.25) is 21.1 Å². The van der Waals surface area contributed by atoms with Crippen LogP contribution < -0.4 is 16.7 Å². The maximum atomic E-state index is 12.0. The van der Waals surface area contributed by atoms with E-state index in [-0.39, 0.29) is 27.4 Å². The highest BCUT2D eigenvalue weighted by Crippen LogP contribution is 2.17. The minimum Gasteiger partial charge on any atom is -0.334 e. The van der Waals surface area contributed by atoms with Gasteiger partial charge in [-0.2, -0.15) is 4.68 Å². The maximum Gasteiger partial charge on any atom is 0.294 e. The smallest absolute Gasteiger partial charge is 0.294 e. The molecule has 1 aromatic heterocycles. The molecule has 0 radical (unpaired) electrons. The lowest BCUT2D eigenvalue weighted by Crippen LogP contribution is -2.32. The van der Waals surface area contributed by atoms with Crippen LogP contribution in [0.1, 0.15) is 5.69 Å². The Morgan fingerprint density at radius 2 is 1.88 bits per heavy atom. The van der Waals surface area contributed by atoms with Crippen molar-refractivity contribution in [2.24, 2.45) is 0 Å². The molecule has 140 valence electrons. The molecular formula is C14H18N6O4S2. The molecule has 0 bridgehead atoms. The number of anilines is 1. The number of hydrogen-bond donors (Lipinski definition) is 2. The normalized spacial score (nSPS) is 11.5. The van der Waals surface area contributed by atoms with E-state index in [0.717, 1.165) is 20.7 Å². The van der Waals surface area contributed by atoms with Crippen LogP contribution in [0.2, 0.25) is 0 Å². The third kappa shape index (κ3) is 4.39. The summed E-state index contributed by atoms with van der Waals surface area (Å²) in [5.41, 5.74) is 0.114. The van der Waals surface area contributed by atoms with E-state index in [9.17, 15) is 18.0 Å². The number of hydrogen-bond acceptors (Lipinski definition) is 8. The summed E-state index contributed by atoms with van der Waals surface area (Å²) in [5.74, 6) is 5.18. The van der Waals surface area contributed by atoms with Crippen molar-refractivity contribution in [2.75, 3.05) is 31.0 Å². The fourth-order valence-corrected chi connectivity index (χ4v) is 3.37. The summed E-state index contributed by atoms with van der Waals surface area (Å²) in [6.45, 7) is 1.49. The second-order valence-electron chi connectivity index (χ2n) is 5.39. The van der Waals surface area contributed by atoms with Crippen molar-refractivity contribution in [1.82, 2.24) is 19.2 Å². The Labute approximate surface area is 154 Å². The fraction of sp³-hybridized carbons (Fsp3) is 0.286. The molecule has 10 nitrogen and oxygen atoms in total. The minimum atomic E-state index is -3.53. The Balaban J connectivity index is 2.01. The predicted molar refractivity (Wildman–Crippen MR) is 97.8 cm³/mol. The summed E-state index contributed by atoms with van der Waals surface area (Å²) in [4.78, 5) is 23.8. The van der Waals surface area contributed by atoms with Gasteiger partial charge in [-0.25, -0.2) is 12.7 Å². The average molecular weight is 398 g/mol. The number of nitrogens with one attached hydrogen (secondary N) is 1. The number of aryl methyl sites for hydroxylation is 1. The average Bonchev–Trinajstić information content (AvgIpc) is 2.59. The highest BCUT2D eigenvalue weighted by molar-refractivity contribution is 7.99. The Bertz CT molecular complexity index is 970. The number of nitrogens with two attached hydrogens (primary N) is 1. The van der Waals surface area contributed by atoms with Gasteiger partial charge < -0.3 is 11.2 Å². The highest BCUT2D eigenvalue weighted by atomic mass is 32.2. The lowest BCUT2D eigenvalue weighted by Gasteiger charge is -2.12. The number of amides is 1. The molecule has 12 heteroatoms. The number of rotatable bonds is 6. The Morgan fingerprint density at radius 3 is 2.46 bits per heavy atom. The summed E-state index contributed by atoms with van der Waals surface area (Å²) in [5, 5.41) is 10.2. The third-order valence-electron chi connectivity index (χ3n) is 3.27. The van der Waals surface area contributed by atoms with Gasteiger partial charge in [-0.1, -0.05) is 11.8 Å². The van der Waals surface area contributed by atoms with Crippen LogP contribution in [0, 0.1) is 6.92 Å². The monoisotopic (exact) mass is 398 g/mol. The molecule has 0 aliphatic heterocycles. The first-order valence-electron chi connectivity index (χ1n) is 7.29. The molecule has 0 fully saturated rings. The van der Waals surface area contributed by atoms with E-state index in [1.54, 1.807) is 0 Å². The predicted octanol–water partition coefficient (Wildman–Crippen LogP) is -0.358. The standard InChI is InChI=1S/C14H18N6O4S2/c1-9-13(22)20(15)14(18-17-9)25-8-12(21)16-10-4-6-11(7-5-10)26(23,24)19(2)3/h4-7H,8,15H2,1-3H3,(H,16,21). The topological polar surface area (TPSA) is 140 Å². The summed E-state index contributed by atoms with van der Waals surface area (Å²) in [7, 11) is -0.650. The molecule has 0 atom stereocenters. The number of carbonyl (C=O) groups excluding carboxylic acids is 1. The molecule has 0 aliphatic carbocycles. The first-order chi connectivity index (χ1) is 12.1. The molecule has 0 aliphatic rings. The van der Waals surface area contributed by atoms with E-state index in [1.165, 1.54) is 45.3 Å². The number of benzene rings is 1. The van der Waals surface area contributed by atoms with Gasteiger partial charge in [0.25, 0.3) is 5.56 Å². The largest absolute Gasteiger partial charge is 0.334 e. The number of thioether (sulfide) groups is 1. The van der Waals surface area contributed by atoms with Gasteiger partial charge in [0.15, 0.2) is 0 Å². The summed E-state index contributed by atoms with van der Waals surface area (Å²) in [6.07, 6.45) is 0. The van der Waals surface area contributed by atoms with Crippen LogP contribution in [0.5, 0.6) is 0 Å². The maximum absolute atomic E-state index is 12.0. The lowest BCUT2D eigenvalue weighted by atomic mass is 10.3. The van der Waals surface area contributed by atoms with Gasteiger partial charge in [-0.3, -0.25) is 9.59 Å². The Morgan fingerprint density at radius 1 is 1.27 bits per heavy atom. The molecule has 0 unspecified atom stereocenters. The molecule has 3 N–H and O–H groups in total. The highest BCUT2D eigenvalue weighted by Gasteiger charge is 2.17. The van der Waals surface area contributed by atoms with E-state index < -0.39 is 15.6 Å². The second-order valence-corrected chi connectivity index (χ2v) is 8.49. The zero-order chi connectivity index (χ0) is 19.5. The number of nitrogen functional groups attached to an aromatic ring is 1. The molecule has 2 rings (SSSR count). The third-order valence-corrected chi connectivity index (χ3v) is 6.04. The zero-order valence-electron chi connectivity index (χ0n) is 14.3. The van der Waals surface area contributed by atoms with E-state index in [0.29, 0.717) is 5.69 Å². The van der Waals surface area contributed by atoms with E-state index in [4.69, 9.17) is 5.84 Å². The van der Waals surface area contributed by atoms with Gasteiger partial charge in [0, 0.05) is 19.8 Å². The molecule has 1 heterocycles. The van der Waals surface area contributed by atoms with Crippen LogP contribution in [0.3, 0.4) is 0 Å². The van der Waals surface area contributed by atoms with E-state index >= 15 is 0 Å². The van der Waals surface area contributed by atoms with Crippen LogP contribution in [0.25, 0.3) is 0 Å². The molecular weight excluding hydrogens is 380 g/mol. The summed E-state index contributed by atoms with van der Waals surface area (Å²) < 4.78 is 25.9. The zero-order valence-corrected chi connectivity index (χ0v) is 16.0. The van der Waals surface area contributed by atoms with Crippen molar-refractivity contribution < 1.29 is 13.2 Å². The van der Waals surface area contributed by atoms with Crippen LogP contribution in [-0.4, -0.2) is 53.4 Å². The van der Waals surface area contributed by atoms with Crippen LogP contribution >= 0.6 is 11.8 Å². The van der Waals surface area contributed by atoms with E-state index in [2.05, 4.69) is 15.5 Å². The number of sulfonamides is 1. The molecule has 2 aromatic rings. The molecule has 0 saturated heterocycles. The number of nitrogens with zero attached hydrogens (tertiary/aromatic N) is 4. The SMILES string of the molecule is Cc1nnc(SCC(=O)Nc2ccc(S(=O)(=O)N(C)C)cc2)n(N)c1=O. The number of aromatic nitrogens is 3. The molecule has 0 saturated carbocycles. The van der Waals surface area contributed by atoms with Gasteiger partial charge in [0.05, 0.1) is 10.6 Å². The van der Waals surface area contributed by atoms with Crippen LogP contribution in [0.15, 0.2) is 39.1 Å². The van der Waals surface area contributed by atoms with Crippen LogP contribution in [0.4, 0.5) is 5.69 Å². The van der Waals surface area contributed by atoms with E-state index in [1.807, 2.05) is 0 Å². The Kier molecular flexibility index (Phi) is 6.00. The molecule has 1 aromatic carbocycles. The first-order valence-corrected chi connectivity index (χ1v) is 9.72. The molecule has 26 heavy (non-hydrogen) atoms. The first kappa shape index (κ1) is 19.9. The summed E-state index contributed by atoms with van der Waals surface area (Å²) in [6, 6.07) is 5.79. The fourth-order valence-electron chi connectivity index (χ4n) is 1.82. The van der Waals surface area contributed by atoms with Crippen molar-refractivity contribution in [3.63, 3.8) is 0 Å². The van der Waals surface area contributed by atoms with Gasteiger partial charge in [-0.15, -0.1) is 10.2 Å². The van der Waals surface area contributed by atoms with Crippen molar-refractivity contribution in [2.45, 2.75) is 17.0 Å². The van der Waals surface area contributed by atoms with Gasteiger partial charge in [-0.05, 0) is 31.2 Å². The molecule has 1 amide bonds. The summed E-state index contributed by atoms with van der Waals surface area (Å²) >= 11 is 0.958. The Hall–Kier alpha value is -2.44. The quantitative estimate of drug-likeness (QED) is 0.497. The molecule has 0 spiro atoms. The van der Waals surface area contributed by atoms with Gasteiger partial charge in [0.1, 0.15) is 5.69 Å². The lowest BCUT2D eigenvalue weighted by molar-refractivity contribution is -0.113. The van der Waals surface area contributed by atoms with Crippen molar-refractivity contribution in [3.8, 4) is 0 Å². The van der Waals surface area contributed by atoms with Gasteiger partial charge >= 0.3 is 0 Å².